The Morgan fingerprint density at radius 1 is 1.25 bits per heavy atom. The molecule has 0 spiro atoms. The van der Waals surface area contributed by atoms with Crippen LogP contribution in [0.1, 0.15) is 0 Å². The summed E-state index contributed by atoms with van der Waals surface area (Å²) in [6.07, 6.45) is -2.35. The Labute approximate surface area is 101 Å². The van der Waals surface area contributed by atoms with E-state index in [0.29, 0.717) is 34.6 Å². The summed E-state index contributed by atoms with van der Waals surface area (Å²) >= 11 is 6.95. The average molecular weight is 267 g/mol. The normalized spacial score (nSPS) is 14.2. The van der Waals surface area contributed by atoms with Gasteiger partial charge in [0.25, 0.3) is 0 Å². The number of halogens is 3. The first-order valence-electron chi connectivity index (χ1n) is 4.67. The smallest absolute Gasteiger partial charge is 0.247 e. The fraction of sp³-hybridized carbons (Fsp3) is 0.400. The van der Waals surface area contributed by atoms with E-state index in [4.69, 9.17) is 21.1 Å². The molecule has 0 saturated heterocycles. The number of hydrogen-bond acceptors (Lipinski definition) is 3. The van der Waals surface area contributed by atoms with E-state index in [-0.39, 0.29) is 5.75 Å². The van der Waals surface area contributed by atoms with Crippen LogP contribution in [-0.2, 0) is 0 Å². The molecule has 0 N–H and O–H groups in total. The molecular weight excluding hydrogens is 258 g/mol. The lowest BCUT2D eigenvalue weighted by atomic mass is 10.3. The first kappa shape index (κ1) is 11.8. The van der Waals surface area contributed by atoms with Crippen LogP contribution in [-0.4, -0.2) is 25.4 Å². The number of alkyl halides is 2. The molecule has 6 heteroatoms. The highest BCUT2D eigenvalue weighted by molar-refractivity contribution is 7.99. The number of thioether (sulfide) groups is 1. The van der Waals surface area contributed by atoms with Crippen molar-refractivity contribution in [1.29, 1.82) is 0 Å². The SMILES string of the molecule is FC(F)CSc1cc2c(cc1Cl)OCCO2. The van der Waals surface area contributed by atoms with Crippen LogP contribution in [0.3, 0.4) is 0 Å². The molecule has 0 fully saturated rings. The first-order valence-corrected chi connectivity index (χ1v) is 6.03. The van der Waals surface area contributed by atoms with E-state index in [9.17, 15) is 8.78 Å². The van der Waals surface area contributed by atoms with Gasteiger partial charge < -0.3 is 9.47 Å². The van der Waals surface area contributed by atoms with Crippen molar-refractivity contribution >= 4 is 23.4 Å². The maximum atomic E-state index is 12.1. The van der Waals surface area contributed by atoms with Crippen molar-refractivity contribution in [1.82, 2.24) is 0 Å². The minimum Gasteiger partial charge on any atom is -0.486 e. The molecule has 0 aromatic heterocycles. The summed E-state index contributed by atoms with van der Waals surface area (Å²) in [5, 5.41) is 0.412. The molecule has 1 aromatic carbocycles. The second-order valence-electron chi connectivity index (χ2n) is 3.13. The van der Waals surface area contributed by atoms with Crippen molar-refractivity contribution < 1.29 is 18.3 Å². The van der Waals surface area contributed by atoms with Gasteiger partial charge in [-0.05, 0) is 6.07 Å². The third kappa shape index (κ3) is 2.71. The molecular formula is C10H9ClF2O2S. The van der Waals surface area contributed by atoms with Crippen LogP contribution < -0.4 is 9.47 Å². The lowest BCUT2D eigenvalue weighted by Gasteiger charge is -2.19. The molecule has 0 atom stereocenters. The van der Waals surface area contributed by atoms with Gasteiger partial charge in [-0.1, -0.05) is 11.6 Å². The second kappa shape index (κ2) is 5.10. The topological polar surface area (TPSA) is 18.5 Å². The van der Waals surface area contributed by atoms with Gasteiger partial charge in [0.15, 0.2) is 11.5 Å². The second-order valence-corrected chi connectivity index (χ2v) is 4.60. The van der Waals surface area contributed by atoms with Gasteiger partial charge in [-0.3, -0.25) is 0 Å². The van der Waals surface area contributed by atoms with E-state index < -0.39 is 6.43 Å². The Kier molecular flexibility index (Phi) is 3.76. The van der Waals surface area contributed by atoms with E-state index in [2.05, 4.69) is 0 Å². The van der Waals surface area contributed by atoms with E-state index >= 15 is 0 Å². The Hall–Kier alpha value is -0.680. The van der Waals surface area contributed by atoms with Crippen LogP contribution in [0.25, 0.3) is 0 Å². The molecule has 2 nitrogen and oxygen atoms in total. The van der Waals surface area contributed by atoms with Gasteiger partial charge in [0.1, 0.15) is 13.2 Å². The Bertz CT molecular complexity index is 387. The van der Waals surface area contributed by atoms with Crippen molar-refractivity contribution in [2.75, 3.05) is 19.0 Å². The number of benzene rings is 1. The molecule has 2 rings (SSSR count). The maximum Gasteiger partial charge on any atom is 0.247 e. The molecule has 88 valence electrons. The van der Waals surface area contributed by atoms with Crippen LogP contribution in [0, 0.1) is 0 Å². The van der Waals surface area contributed by atoms with E-state index in [0.717, 1.165) is 11.8 Å². The lowest BCUT2D eigenvalue weighted by molar-refractivity contribution is 0.171. The van der Waals surface area contributed by atoms with Gasteiger partial charge in [0.2, 0.25) is 6.43 Å². The summed E-state index contributed by atoms with van der Waals surface area (Å²) in [6.45, 7) is 0.945. The predicted octanol–water partition coefficient (Wildman–Crippen LogP) is 3.47. The molecule has 1 aromatic rings. The molecule has 1 heterocycles. The summed E-state index contributed by atoms with van der Waals surface area (Å²) in [7, 11) is 0. The van der Waals surface area contributed by atoms with Gasteiger partial charge in [-0.25, -0.2) is 8.78 Å². The van der Waals surface area contributed by atoms with Crippen LogP contribution >= 0.6 is 23.4 Å². The number of fused-ring (bicyclic) bond motifs is 1. The van der Waals surface area contributed by atoms with Crippen molar-refractivity contribution in [3.8, 4) is 11.5 Å². The molecule has 0 bridgehead atoms. The zero-order valence-corrected chi connectivity index (χ0v) is 9.78. The third-order valence-corrected chi connectivity index (χ3v) is 3.45. The average Bonchev–Trinajstić information content (AvgIpc) is 2.26. The first-order chi connectivity index (χ1) is 7.66. The van der Waals surface area contributed by atoms with Crippen LogP contribution in [0.2, 0.25) is 5.02 Å². The monoisotopic (exact) mass is 266 g/mol. The van der Waals surface area contributed by atoms with Crippen molar-refractivity contribution in [2.45, 2.75) is 11.3 Å². The van der Waals surface area contributed by atoms with Gasteiger partial charge in [0, 0.05) is 11.0 Å². The third-order valence-electron chi connectivity index (χ3n) is 1.96. The minimum atomic E-state index is -2.35. The largest absolute Gasteiger partial charge is 0.486 e. The predicted molar refractivity (Wildman–Crippen MR) is 59.2 cm³/mol. The summed E-state index contributed by atoms with van der Waals surface area (Å²) in [4.78, 5) is 0.589. The lowest BCUT2D eigenvalue weighted by Crippen LogP contribution is -2.15. The highest BCUT2D eigenvalue weighted by atomic mass is 35.5. The summed E-state index contributed by atoms with van der Waals surface area (Å²) in [5.74, 6) is 0.851. The number of rotatable bonds is 3. The number of hydrogen-bond donors (Lipinski definition) is 0. The molecule has 1 aliphatic heterocycles. The summed E-state index contributed by atoms with van der Waals surface area (Å²) in [6, 6.07) is 3.24. The van der Waals surface area contributed by atoms with Crippen LogP contribution in [0.15, 0.2) is 17.0 Å². The Morgan fingerprint density at radius 3 is 2.50 bits per heavy atom. The Balaban J connectivity index is 2.18. The summed E-state index contributed by atoms with van der Waals surface area (Å²) in [5.41, 5.74) is 0. The van der Waals surface area contributed by atoms with Gasteiger partial charge in [0.05, 0.1) is 10.8 Å². The van der Waals surface area contributed by atoms with E-state index in [1.807, 2.05) is 0 Å². The van der Waals surface area contributed by atoms with E-state index in [1.165, 1.54) is 0 Å². The highest BCUT2D eigenvalue weighted by Crippen LogP contribution is 2.39. The number of ether oxygens (including phenoxy) is 2. The molecule has 1 aliphatic rings. The van der Waals surface area contributed by atoms with Crippen molar-refractivity contribution in [3.05, 3.63) is 17.2 Å². The van der Waals surface area contributed by atoms with Crippen LogP contribution in [0.4, 0.5) is 8.78 Å². The molecule has 0 saturated carbocycles. The minimum absolute atomic E-state index is 0.278. The highest BCUT2D eigenvalue weighted by Gasteiger charge is 2.16. The quantitative estimate of drug-likeness (QED) is 0.781. The standard InChI is InChI=1S/C10H9ClF2O2S/c11-6-3-7-8(15-2-1-14-7)4-9(6)16-5-10(12)13/h3-4,10H,1-2,5H2. The van der Waals surface area contributed by atoms with Crippen molar-refractivity contribution in [2.24, 2.45) is 0 Å². The Morgan fingerprint density at radius 2 is 1.88 bits per heavy atom. The fourth-order valence-corrected chi connectivity index (χ4v) is 2.32. The zero-order chi connectivity index (χ0) is 11.5. The van der Waals surface area contributed by atoms with Crippen molar-refractivity contribution in [3.63, 3.8) is 0 Å². The van der Waals surface area contributed by atoms with Crippen LogP contribution in [0.5, 0.6) is 11.5 Å². The van der Waals surface area contributed by atoms with E-state index in [1.54, 1.807) is 12.1 Å². The van der Waals surface area contributed by atoms with Gasteiger partial charge >= 0.3 is 0 Å². The molecule has 16 heavy (non-hydrogen) atoms. The molecule has 0 amide bonds. The zero-order valence-electron chi connectivity index (χ0n) is 8.21. The van der Waals surface area contributed by atoms with Gasteiger partial charge in [-0.15, -0.1) is 11.8 Å². The van der Waals surface area contributed by atoms with Gasteiger partial charge in [-0.2, -0.15) is 0 Å². The fourth-order valence-electron chi connectivity index (χ4n) is 1.31. The molecule has 0 aliphatic carbocycles. The molecule has 0 unspecified atom stereocenters. The maximum absolute atomic E-state index is 12.1. The summed E-state index contributed by atoms with van der Waals surface area (Å²) < 4.78 is 34.8. The molecule has 0 radical (unpaired) electrons.